The van der Waals surface area contributed by atoms with Gasteiger partial charge in [-0.3, -0.25) is 4.79 Å². The molecule has 0 radical (unpaired) electrons. The van der Waals surface area contributed by atoms with E-state index in [9.17, 15) is 9.90 Å². The maximum absolute atomic E-state index is 12.9. The Hall–Kier alpha value is -3.99. The van der Waals surface area contributed by atoms with Gasteiger partial charge in [-0.15, -0.1) is 0 Å². The van der Waals surface area contributed by atoms with Crippen molar-refractivity contribution in [3.8, 4) is 17.0 Å². The topological polar surface area (TPSA) is 74.6 Å². The number of phenols is 1. The van der Waals surface area contributed by atoms with E-state index < -0.39 is 0 Å². The van der Waals surface area contributed by atoms with Crippen LogP contribution >= 0.6 is 0 Å². The first kappa shape index (κ1) is 19.3. The van der Waals surface area contributed by atoms with Crippen molar-refractivity contribution in [3.63, 3.8) is 0 Å². The van der Waals surface area contributed by atoms with Crippen molar-refractivity contribution < 1.29 is 9.90 Å². The molecule has 0 aliphatic rings. The number of hydrogen-bond acceptors (Lipinski definition) is 4. The molecule has 4 aromatic rings. The van der Waals surface area contributed by atoms with E-state index in [0.29, 0.717) is 11.1 Å². The fraction of sp³-hybridized carbons (Fsp3) is 0.0800. The lowest BCUT2D eigenvalue weighted by atomic mass is 10.0. The fourth-order valence-electron chi connectivity index (χ4n) is 3.24. The molecule has 0 unspecified atom stereocenters. The molecule has 1 aromatic heterocycles. The molecular weight excluding hydrogens is 374 g/mol. The summed E-state index contributed by atoms with van der Waals surface area (Å²) in [5, 5.41) is 14.6. The van der Waals surface area contributed by atoms with E-state index in [4.69, 9.17) is 4.98 Å². The number of aromatic nitrogens is 1. The minimum absolute atomic E-state index is 0.0997. The molecule has 0 aliphatic carbocycles. The molecule has 148 valence electrons. The van der Waals surface area contributed by atoms with Crippen LogP contribution < -0.4 is 5.43 Å². The summed E-state index contributed by atoms with van der Waals surface area (Å²) in [6, 6.07) is 24.3. The summed E-state index contributed by atoms with van der Waals surface area (Å²) in [7, 11) is 0. The van der Waals surface area contributed by atoms with Crippen molar-refractivity contribution in [2.75, 3.05) is 0 Å². The van der Waals surface area contributed by atoms with E-state index >= 15 is 0 Å². The van der Waals surface area contributed by atoms with Gasteiger partial charge in [0.25, 0.3) is 5.91 Å². The van der Waals surface area contributed by atoms with Crippen molar-refractivity contribution in [3.05, 3.63) is 95.6 Å². The van der Waals surface area contributed by atoms with Gasteiger partial charge < -0.3 is 5.11 Å². The van der Waals surface area contributed by atoms with E-state index in [1.54, 1.807) is 30.3 Å². The zero-order chi connectivity index (χ0) is 20.9. The third kappa shape index (κ3) is 4.05. The molecule has 3 aromatic carbocycles. The van der Waals surface area contributed by atoms with E-state index in [-0.39, 0.29) is 11.7 Å². The predicted molar refractivity (Wildman–Crippen MR) is 120 cm³/mol. The number of aromatic hydroxyl groups is 1. The summed E-state index contributed by atoms with van der Waals surface area (Å²) in [6.45, 7) is 2.11. The van der Waals surface area contributed by atoms with Gasteiger partial charge in [-0.2, -0.15) is 5.10 Å². The second-order valence-corrected chi connectivity index (χ2v) is 6.88. The molecule has 0 saturated heterocycles. The van der Waals surface area contributed by atoms with Crippen LogP contribution in [0.15, 0.2) is 84.0 Å². The third-order valence-electron chi connectivity index (χ3n) is 4.93. The lowest BCUT2D eigenvalue weighted by Gasteiger charge is -2.09. The number of para-hydroxylation sites is 2. The normalized spacial score (nSPS) is 11.1. The van der Waals surface area contributed by atoms with Gasteiger partial charge in [0.05, 0.1) is 23.0 Å². The Labute approximate surface area is 174 Å². The minimum atomic E-state index is -0.341. The number of pyridine rings is 1. The number of hydrazone groups is 1. The fourth-order valence-corrected chi connectivity index (χ4v) is 3.24. The van der Waals surface area contributed by atoms with Crippen LogP contribution in [0.4, 0.5) is 0 Å². The van der Waals surface area contributed by atoms with Gasteiger partial charge in [0.2, 0.25) is 0 Å². The van der Waals surface area contributed by atoms with Gasteiger partial charge >= 0.3 is 0 Å². The maximum atomic E-state index is 12.9. The highest BCUT2D eigenvalue weighted by molar-refractivity contribution is 6.07. The quantitative estimate of drug-likeness (QED) is 0.371. The average Bonchev–Trinajstić information content (AvgIpc) is 2.79. The molecule has 2 N–H and O–H groups in total. The van der Waals surface area contributed by atoms with Crippen molar-refractivity contribution in [1.29, 1.82) is 0 Å². The highest BCUT2D eigenvalue weighted by atomic mass is 16.3. The van der Waals surface area contributed by atoms with E-state index in [0.717, 1.165) is 28.6 Å². The van der Waals surface area contributed by atoms with Crippen LogP contribution in [0.25, 0.3) is 22.2 Å². The van der Waals surface area contributed by atoms with Gasteiger partial charge in [-0.25, -0.2) is 10.4 Å². The molecule has 5 nitrogen and oxygen atoms in total. The number of phenolic OH excluding ortho intramolecular Hbond substituents is 1. The van der Waals surface area contributed by atoms with E-state index in [1.807, 2.05) is 36.4 Å². The number of benzene rings is 3. The Balaban J connectivity index is 1.68. The van der Waals surface area contributed by atoms with Crippen LogP contribution in [0.3, 0.4) is 0 Å². The predicted octanol–water partition coefficient (Wildman–Crippen LogP) is 4.93. The Morgan fingerprint density at radius 3 is 2.53 bits per heavy atom. The first-order chi connectivity index (χ1) is 14.7. The summed E-state index contributed by atoms with van der Waals surface area (Å²) in [5.74, 6) is -0.241. The molecule has 0 atom stereocenters. The van der Waals surface area contributed by atoms with Crippen molar-refractivity contribution in [2.24, 2.45) is 5.10 Å². The van der Waals surface area contributed by atoms with Crippen molar-refractivity contribution in [1.82, 2.24) is 10.4 Å². The lowest BCUT2D eigenvalue weighted by molar-refractivity contribution is 0.0956. The number of carbonyl (C=O) groups is 1. The molecule has 5 heteroatoms. The zero-order valence-electron chi connectivity index (χ0n) is 16.5. The second-order valence-electron chi connectivity index (χ2n) is 6.88. The number of nitrogens with zero attached hydrogens (tertiary/aromatic N) is 2. The SMILES string of the molecule is CCc1ccc(-c2cc(C(=O)N/N=C/c3ccccc3O)c3ccccc3n2)cc1. The van der Waals surface area contributed by atoms with Gasteiger partial charge in [0.1, 0.15) is 5.75 Å². The summed E-state index contributed by atoms with van der Waals surface area (Å²) in [4.78, 5) is 17.6. The third-order valence-corrected chi connectivity index (χ3v) is 4.93. The number of carbonyl (C=O) groups excluding carboxylic acids is 1. The summed E-state index contributed by atoms with van der Waals surface area (Å²) < 4.78 is 0. The molecule has 0 aliphatic heterocycles. The number of nitrogens with one attached hydrogen (secondary N) is 1. The molecule has 0 bridgehead atoms. The molecule has 4 rings (SSSR count). The molecular formula is C25H21N3O2. The zero-order valence-corrected chi connectivity index (χ0v) is 16.5. The van der Waals surface area contributed by atoms with Crippen LogP contribution in [0.1, 0.15) is 28.4 Å². The Morgan fingerprint density at radius 1 is 1.03 bits per heavy atom. The highest BCUT2D eigenvalue weighted by Gasteiger charge is 2.13. The monoisotopic (exact) mass is 395 g/mol. The van der Waals surface area contributed by atoms with Gasteiger partial charge in [-0.05, 0) is 36.2 Å². The number of fused-ring (bicyclic) bond motifs is 1. The van der Waals surface area contributed by atoms with E-state index in [1.165, 1.54) is 11.8 Å². The lowest BCUT2D eigenvalue weighted by Crippen LogP contribution is -2.18. The van der Waals surface area contributed by atoms with Crippen LogP contribution in [0.2, 0.25) is 0 Å². The minimum Gasteiger partial charge on any atom is -0.507 e. The van der Waals surface area contributed by atoms with Gasteiger partial charge in [0.15, 0.2) is 0 Å². The molecule has 30 heavy (non-hydrogen) atoms. The Morgan fingerprint density at radius 2 is 1.77 bits per heavy atom. The number of aryl methyl sites for hydroxylation is 1. The molecule has 1 amide bonds. The molecule has 0 fully saturated rings. The molecule has 1 heterocycles. The first-order valence-electron chi connectivity index (χ1n) is 9.76. The smallest absolute Gasteiger partial charge is 0.272 e. The first-order valence-corrected chi connectivity index (χ1v) is 9.76. The van der Waals surface area contributed by atoms with Crippen molar-refractivity contribution in [2.45, 2.75) is 13.3 Å². The van der Waals surface area contributed by atoms with Gasteiger partial charge in [0, 0.05) is 16.5 Å². The Kier molecular flexibility index (Phi) is 5.52. The standard InChI is InChI=1S/C25H21N3O2/c1-2-17-11-13-18(14-12-17)23-15-21(20-8-4-5-9-22(20)27-23)25(30)28-26-16-19-7-3-6-10-24(19)29/h3-16,29H,2H2,1H3,(H,28,30)/b26-16+. The van der Waals surface area contributed by atoms with Crippen LogP contribution in [0.5, 0.6) is 5.75 Å². The largest absolute Gasteiger partial charge is 0.507 e. The summed E-state index contributed by atoms with van der Waals surface area (Å²) in [5.41, 5.74) is 7.23. The average molecular weight is 395 g/mol. The number of hydrogen-bond donors (Lipinski definition) is 2. The van der Waals surface area contributed by atoms with E-state index in [2.05, 4.69) is 29.6 Å². The Bertz CT molecular complexity index is 1230. The molecule has 0 saturated carbocycles. The maximum Gasteiger partial charge on any atom is 0.272 e. The number of amides is 1. The molecule has 0 spiro atoms. The van der Waals surface area contributed by atoms with Crippen molar-refractivity contribution >= 4 is 23.0 Å². The van der Waals surface area contributed by atoms with Crippen LogP contribution in [-0.4, -0.2) is 22.2 Å². The summed E-state index contributed by atoms with van der Waals surface area (Å²) in [6.07, 6.45) is 2.38. The summed E-state index contributed by atoms with van der Waals surface area (Å²) >= 11 is 0. The number of rotatable bonds is 5. The van der Waals surface area contributed by atoms with Crippen LogP contribution in [0, 0.1) is 0 Å². The van der Waals surface area contributed by atoms with Gasteiger partial charge in [-0.1, -0.05) is 61.5 Å². The highest BCUT2D eigenvalue weighted by Crippen LogP contribution is 2.25. The second kappa shape index (κ2) is 8.57. The van der Waals surface area contributed by atoms with Crippen LogP contribution in [-0.2, 0) is 6.42 Å².